The Balaban J connectivity index is 1.68. The van der Waals surface area contributed by atoms with Crippen LogP contribution in [0.1, 0.15) is 17.5 Å². The van der Waals surface area contributed by atoms with Crippen molar-refractivity contribution in [2.75, 3.05) is 56.7 Å². The lowest BCUT2D eigenvalue weighted by atomic mass is 10.1. The Labute approximate surface area is 232 Å². The Kier molecular flexibility index (Phi) is 10.1. The molecule has 2 heterocycles. The number of benzene rings is 2. The molecule has 4 rings (SSSR count). The van der Waals surface area contributed by atoms with E-state index in [1.54, 1.807) is 24.3 Å². The number of hydrogen-bond acceptors (Lipinski definition) is 9. The Morgan fingerprint density at radius 2 is 2.10 bits per heavy atom. The highest BCUT2D eigenvalue weighted by molar-refractivity contribution is 6.04. The van der Waals surface area contributed by atoms with Gasteiger partial charge in [0.1, 0.15) is 17.9 Å². The fourth-order valence-electron chi connectivity index (χ4n) is 4.31. The average Bonchev–Trinajstić information content (AvgIpc) is 3.47. The zero-order valence-electron chi connectivity index (χ0n) is 22.0. The Morgan fingerprint density at radius 1 is 1.27 bits per heavy atom. The molecule has 0 saturated carbocycles. The van der Waals surface area contributed by atoms with Crippen LogP contribution in [0.2, 0.25) is 0 Å². The maximum absolute atomic E-state index is 12.9. The van der Waals surface area contributed by atoms with Crippen molar-refractivity contribution in [2.24, 2.45) is 0 Å². The molecule has 1 atom stereocenters. The van der Waals surface area contributed by atoms with E-state index in [1.807, 2.05) is 23.1 Å². The van der Waals surface area contributed by atoms with E-state index >= 15 is 0 Å². The lowest BCUT2D eigenvalue weighted by Gasteiger charge is -2.19. The predicted octanol–water partition coefficient (Wildman–Crippen LogP) is 2.78. The smallest absolute Gasteiger partial charge is 0.248 e. The lowest BCUT2D eigenvalue weighted by molar-refractivity contribution is -0.111. The second-order valence-electron chi connectivity index (χ2n) is 9.12. The number of aliphatic hydroxyl groups is 2. The number of terminal acetylenes is 1. The van der Waals surface area contributed by atoms with Crippen molar-refractivity contribution in [3.63, 3.8) is 0 Å². The number of carbonyl (C=O) groups excluding carboxylic acids is 1. The van der Waals surface area contributed by atoms with Gasteiger partial charge in [-0.2, -0.15) is 5.26 Å². The quantitative estimate of drug-likeness (QED) is 0.201. The summed E-state index contributed by atoms with van der Waals surface area (Å²) in [5.41, 5.74) is 3.21. The molecule has 0 bridgehead atoms. The molecule has 1 fully saturated rings. The number of pyridine rings is 1. The van der Waals surface area contributed by atoms with E-state index in [9.17, 15) is 20.3 Å². The SMILES string of the molecule is C#Cc1cccc(Nc2c(C#N)cnc3cc(O[C@H]4CCOC4)c(NC(=O)C=CCN(CCO)CCO)cc23)c1. The Bertz CT molecular complexity index is 1450. The molecule has 4 N–H and O–H groups in total. The van der Waals surface area contributed by atoms with Crippen molar-refractivity contribution in [3.8, 4) is 24.2 Å². The van der Waals surface area contributed by atoms with Gasteiger partial charge in [-0.1, -0.05) is 18.1 Å². The van der Waals surface area contributed by atoms with Crippen molar-refractivity contribution in [1.82, 2.24) is 9.88 Å². The molecule has 0 spiro atoms. The van der Waals surface area contributed by atoms with Gasteiger partial charge in [-0.3, -0.25) is 14.7 Å². The molecule has 40 heavy (non-hydrogen) atoms. The molecule has 206 valence electrons. The molecule has 0 unspecified atom stereocenters. The van der Waals surface area contributed by atoms with Gasteiger partial charge in [0.2, 0.25) is 5.91 Å². The number of nitriles is 1. The minimum absolute atomic E-state index is 0.0508. The summed E-state index contributed by atoms with van der Waals surface area (Å²) in [5, 5.41) is 35.0. The summed E-state index contributed by atoms with van der Waals surface area (Å²) in [4.78, 5) is 19.2. The van der Waals surface area contributed by atoms with E-state index in [2.05, 4.69) is 27.6 Å². The highest BCUT2D eigenvalue weighted by Gasteiger charge is 2.21. The van der Waals surface area contributed by atoms with E-state index < -0.39 is 0 Å². The molecule has 1 saturated heterocycles. The topological polar surface area (TPSA) is 140 Å². The third kappa shape index (κ3) is 7.35. The predicted molar refractivity (Wildman–Crippen MR) is 152 cm³/mol. The van der Waals surface area contributed by atoms with Crippen LogP contribution in [-0.4, -0.2) is 78.2 Å². The van der Waals surface area contributed by atoms with Crippen LogP contribution in [0.5, 0.6) is 5.75 Å². The second-order valence-corrected chi connectivity index (χ2v) is 9.12. The van der Waals surface area contributed by atoms with Gasteiger partial charge >= 0.3 is 0 Å². The molecule has 3 aromatic rings. The van der Waals surface area contributed by atoms with Crippen LogP contribution >= 0.6 is 0 Å². The van der Waals surface area contributed by atoms with Crippen LogP contribution in [0.4, 0.5) is 17.1 Å². The number of fused-ring (bicyclic) bond motifs is 1. The number of amides is 1. The summed E-state index contributed by atoms with van der Waals surface area (Å²) in [6, 6.07) is 12.9. The number of nitrogens with one attached hydrogen (secondary N) is 2. The number of nitrogens with zero attached hydrogens (tertiary/aromatic N) is 3. The first kappa shape index (κ1) is 28.6. The van der Waals surface area contributed by atoms with Gasteiger partial charge in [-0.15, -0.1) is 6.42 Å². The third-order valence-corrected chi connectivity index (χ3v) is 6.29. The molecular weight excluding hydrogens is 510 g/mol. The largest absolute Gasteiger partial charge is 0.486 e. The van der Waals surface area contributed by atoms with Gasteiger partial charge in [0, 0.05) is 61.0 Å². The Morgan fingerprint density at radius 3 is 2.80 bits per heavy atom. The standard InChI is InChI=1S/C30H31N5O5/c1-2-21-5-3-6-23(15-21)33-30-22(18-31)19-32-26-17-28(40-24-8-14-39-20-24)27(16-25(26)30)34-29(38)7-4-9-35(10-12-36)11-13-37/h1,3-7,15-17,19,24,36-37H,8-14,20H2,(H,32,33)(H,34,38)/t24-/m0/s1. The molecule has 2 aromatic carbocycles. The second kappa shape index (κ2) is 14.1. The summed E-state index contributed by atoms with van der Waals surface area (Å²) in [5.74, 6) is 2.65. The average molecular weight is 542 g/mol. The van der Waals surface area contributed by atoms with Gasteiger partial charge in [-0.25, -0.2) is 0 Å². The van der Waals surface area contributed by atoms with Gasteiger partial charge < -0.3 is 30.3 Å². The van der Waals surface area contributed by atoms with Crippen molar-refractivity contribution >= 4 is 33.9 Å². The van der Waals surface area contributed by atoms with Crippen molar-refractivity contribution in [2.45, 2.75) is 12.5 Å². The zero-order chi connectivity index (χ0) is 28.3. The van der Waals surface area contributed by atoms with Gasteiger partial charge in [0.15, 0.2) is 0 Å². The van der Waals surface area contributed by atoms with E-state index in [1.165, 1.54) is 12.3 Å². The van der Waals surface area contributed by atoms with Crippen LogP contribution in [0.25, 0.3) is 10.9 Å². The molecule has 0 aliphatic carbocycles. The summed E-state index contributed by atoms with van der Waals surface area (Å²) < 4.78 is 11.6. The van der Waals surface area contributed by atoms with Crippen LogP contribution in [0, 0.1) is 23.7 Å². The molecule has 1 aliphatic rings. The number of carbonyl (C=O) groups is 1. The normalized spacial score (nSPS) is 14.8. The minimum Gasteiger partial charge on any atom is -0.486 e. The molecule has 0 radical (unpaired) electrons. The first-order valence-electron chi connectivity index (χ1n) is 12.9. The fraction of sp³-hybridized carbons (Fsp3) is 0.300. The number of anilines is 3. The Hall–Kier alpha value is -4.45. The van der Waals surface area contributed by atoms with Gasteiger partial charge in [-0.05, 0) is 24.3 Å². The first-order chi connectivity index (χ1) is 19.5. The maximum Gasteiger partial charge on any atom is 0.248 e. The van der Waals surface area contributed by atoms with Crippen LogP contribution in [0.3, 0.4) is 0 Å². The maximum atomic E-state index is 12.9. The summed E-state index contributed by atoms with van der Waals surface area (Å²) >= 11 is 0. The minimum atomic E-state index is -0.388. The van der Waals surface area contributed by atoms with Crippen molar-refractivity contribution < 1.29 is 24.5 Å². The van der Waals surface area contributed by atoms with Gasteiger partial charge in [0.05, 0.1) is 48.9 Å². The van der Waals surface area contributed by atoms with E-state index in [-0.39, 0.29) is 25.2 Å². The monoisotopic (exact) mass is 541 g/mol. The van der Waals surface area contributed by atoms with E-state index in [0.717, 1.165) is 6.42 Å². The molecule has 10 heteroatoms. The highest BCUT2D eigenvalue weighted by Crippen LogP contribution is 2.37. The number of hydrogen-bond donors (Lipinski definition) is 4. The van der Waals surface area contributed by atoms with Crippen LogP contribution < -0.4 is 15.4 Å². The lowest BCUT2D eigenvalue weighted by Crippen LogP contribution is -2.30. The molecule has 10 nitrogen and oxygen atoms in total. The van der Waals surface area contributed by atoms with Crippen LogP contribution in [0.15, 0.2) is 54.7 Å². The van der Waals surface area contributed by atoms with Gasteiger partial charge in [0.25, 0.3) is 0 Å². The molecule has 1 amide bonds. The van der Waals surface area contributed by atoms with Crippen molar-refractivity contribution in [3.05, 3.63) is 65.9 Å². The molecule has 1 aromatic heterocycles. The molecular formula is C30H31N5O5. The first-order valence-corrected chi connectivity index (χ1v) is 12.9. The zero-order valence-corrected chi connectivity index (χ0v) is 22.0. The number of rotatable bonds is 12. The highest BCUT2D eigenvalue weighted by atomic mass is 16.5. The third-order valence-electron chi connectivity index (χ3n) is 6.29. The number of aromatic nitrogens is 1. The van der Waals surface area contributed by atoms with E-state index in [4.69, 9.17) is 15.9 Å². The summed E-state index contributed by atoms with van der Waals surface area (Å²) in [6.07, 6.45) is 10.6. The number of aliphatic hydroxyl groups excluding tert-OH is 2. The number of ether oxygens (including phenoxy) is 2. The van der Waals surface area contributed by atoms with Crippen LogP contribution in [-0.2, 0) is 9.53 Å². The molecule has 1 aliphatic heterocycles. The van der Waals surface area contributed by atoms with Crippen molar-refractivity contribution in [1.29, 1.82) is 5.26 Å². The summed E-state index contributed by atoms with van der Waals surface area (Å²) in [7, 11) is 0. The fourth-order valence-corrected chi connectivity index (χ4v) is 4.31. The summed E-state index contributed by atoms with van der Waals surface area (Å²) in [6.45, 7) is 2.08. The van der Waals surface area contributed by atoms with E-state index in [0.29, 0.717) is 77.7 Å².